The van der Waals surface area contributed by atoms with E-state index in [-0.39, 0.29) is 6.04 Å². The van der Waals surface area contributed by atoms with Crippen LogP contribution < -0.4 is 5.43 Å². The van der Waals surface area contributed by atoms with Crippen LogP contribution in [0.5, 0.6) is 0 Å². The first-order valence-corrected chi connectivity index (χ1v) is 9.04. The molecular formula is C24H20N2. The molecule has 4 aromatic carbocycles. The summed E-state index contributed by atoms with van der Waals surface area (Å²) in [4.78, 5) is 0. The average Bonchev–Trinajstić information content (AvgIpc) is 3.07. The van der Waals surface area contributed by atoms with E-state index >= 15 is 0 Å². The topological polar surface area (TPSA) is 15.3 Å². The third-order valence-electron chi connectivity index (χ3n) is 5.17. The predicted molar refractivity (Wildman–Crippen MR) is 108 cm³/mol. The monoisotopic (exact) mass is 336 g/mol. The summed E-state index contributed by atoms with van der Waals surface area (Å²) >= 11 is 0. The first-order valence-electron chi connectivity index (χ1n) is 9.04. The van der Waals surface area contributed by atoms with Crippen molar-refractivity contribution in [2.24, 2.45) is 0 Å². The van der Waals surface area contributed by atoms with Gasteiger partial charge in [0.25, 0.3) is 0 Å². The SMILES string of the molecule is c1ccc(C2c3ccccc3NN2Cc2cccc3ccccc23)cc1. The Kier molecular flexibility index (Phi) is 3.69. The number of fused-ring (bicyclic) bond motifs is 2. The Morgan fingerprint density at radius 1 is 0.692 bits per heavy atom. The highest BCUT2D eigenvalue weighted by atomic mass is 15.5. The average molecular weight is 336 g/mol. The zero-order valence-corrected chi connectivity index (χ0v) is 14.5. The van der Waals surface area contributed by atoms with E-state index in [0.717, 1.165) is 6.54 Å². The summed E-state index contributed by atoms with van der Waals surface area (Å²) in [6, 6.07) is 34.7. The van der Waals surface area contributed by atoms with Gasteiger partial charge in [0, 0.05) is 12.1 Å². The zero-order chi connectivity index (χ0) is 17.3. The molecule has 1 aliphatic rings. The van der Waals surface area contributed by atoms with E-state index in [1.54, 1.807) is 0 Å². The molecule has 0 saturated heterocycles. The number of benzene rings is 4. The first-order chi connectivity index (χ1) is 12.9. The standard InChI is InChI=1S/C24H20N2/c1-2-10-19(11-3-1)24-22-15-6-7-16-23(22)25-26(24)17-20-13-8-12-18-9-4-5-14-21(18)20/h1-16,24-25H,17H2. The number of nitrogens with one attached hydrogen (secondary N) is 1. The van der Waals surface area contributed by atoms with Gasteiger partial charge in [0.15, 0.2) is 0 Å². The van der Waals surface area contributed by atoms with E-state index in [9.17, 15) is 0 Å². The predicted octanol–water partition coefficient (Wildman–Crippen LogP) is 5.77. The molecule has 0 radical (unpaired) electrons. The molecular weight excluding hydrogens is 316 g/mol. The van der Waals surface area contributed by atoms with Crippen LogP contribution in [-0.4, -0.2) is 5.01 Å². The van der Waals surface area contributed by atoms with E-state index in [2.05, 4.69) is 107 Å². The molecule has 0 amide bonds. The second kappa shape index (κ2) is 6.32. The lowest BCUT2D eigenvalue weighted by atomic mass is 9.97. The fraction of sp³-hybridized carbons (Fsp3) is 0.0833. The number of hydrogen-bond acceptors (Lipinski definition) is 2. The maximum absolute atomic E-state index is 3.63. The Labute approximate surface area is 153 Å². The van der Waals surface area contributed by atoms with Gasteiger partial charge in [-0.25, -0.2) is 5.01 Å². The minimum absolute atomic E-state index is 0.214. The van der Waals surface area contributed by atoms with Gasteiger partial charge in [0.05, 0.1) is 11.7 Å². The zero-order valence-electron chi connectivity index (χ0n) is 14.5. The molecule has 1 atom stereocenters. The van der Waals surface area contributed by atoms with Gasteiger partial charge in [0.1, 0.15) is 0 Å². The van der Waals surface area contributed by atoms with Crippen LogP contribution >= 0.6 is 0 Å². The van der Waals surface area contributed by atoms with Crippen molar-refractivity contribution in [3.8, 4) is 0 Å². The first kappa shape index (κ1) is 15.2. The molecule has 2 nitrogen and oxygen atoms in total. The number of anilines is 1. The van der Waals surface area contributed by atoms with Crippen LogP contribution in [0.15, 0.2) is 97.1 Å². The van der Waals surface area contributed by atoms with Crippen molar-refractivity contribution in [2.75, 3.05) is 5.43 Å². The van der Waals surface area contributed by atoms with Gasteiger partial charge in [0.2, 0.25) is 0 Å². The fourth-order valence-corrected chi connectivity index (χ4v) is 3.96. The maximum atomic E-state index is 3.63. The summed E-state index contributed by atoms with van der Waals surface area (Å²) in [5.74, 6) is 0. The molecule has 1 unspecified atom stereocenters. The van der Waals surface area contributed by atoms with Crippen molar-refractivity contribution in [3.05, 3.63) is 114 Å². The molecule has 0 fully saturated rings. The summed E-state index contributed by atoms with van der Waals surface area (Å²) in [6.07, 6.45) is 0. The van der Waals surface area contributed by atoms with Crippen molar-refractivity contribution < 1.29 is 0 Å². The van der Waals surface area contributed by atoms with E-state index < -0.39 is 0 Å². The molecule has 0 bridgehead atoms. The molecule has 0 aromatic heterocycles. The number of hydrogen-bond donors (Lipinski definition) is 1. The summed E-state index contributed by atoms with van der Waals surface area (Å²) in [7, 11) is 0. The van der Waals surface area contributed by atoms with Crippen molar-refractivity contribution in [2.45, 2.75) is 12.6 Å². The van der Waals surface area contributed by atoms with E-state index in [0.29, 0.717) is 0 Å². The fourth-order valence-electron chi connectivity index (χ4n) is 3.96. The smallest absolute Gasteiger partial charge is 0.0814 e. The van der Waals surface area contributed by atoms with E-state index in [1.807, 2.05) is 0 Å². The quantitative estimate of drug-likeness (QED) is 0.511. The van der Waals surface area contributed by atoms with Gasteiger partial charge in [-0.1, -0.05) is 91.0 Å². The summed E-state index contributed by atoms with van der Waals surface area (Å²) in [5.41, 5.74) is 8.81. The Bertz CT molecular complexity index is 1050. The van der Waals surface area contributed by atoms with Crippen molar-refractivity contribution >= 4 is 16.5 Å². The van der Waals surface area contributed by atoms with Crippen LogP contribution in [0.4, 0.5) is 5.69 Å². The highest BCUT2D eigenvalue weighted by molar-refractivity contribution is 5.85. The van der Waals surface area contributed by atoms with Crippen LogP contribution in [0.1, 0.15) is 22.7 Å². The Morgan fingerprint density at radius 3 is 2.35 bits per heavy atom. The molecule has 1 N–H and O–H groups in total. The van der Waals surface area contributed by atoms with Crippen molar-refractivity contribution in [1.82, 2.24) is 5.01 Å². The lowest BCUT2D eigenvalue weighted by molar-refractivity contribution is 0.289. The van der Waals surface area contributed by atoms with Crippen LogP contribution in [0.3, 0.4) is 0 Å². The third kappa shape index (κ3) is 2.56. The number of hydrazine groups is 1. The second-order valence-corrected chi connectivity index (χ2v) is 6.78. The lowest BCUT2D eigenvalue weighted by Crippen LogP contribution is -2.28. The van der Waals surface area contributed by atoms with Gasteiger partial charge in [-0.15, -0.1) is 0 Å². The molecule has 4 aromatic rings. The molecule has 26 heavy (non-hydrogen) atoms. The van der Waals surface area contributed by atoms with Gasteiger partial charge < -0.3 is 5.43 Å². The van der Waals surface area contributed by atoms with Crippen LogP contribution in [-0.2, 0) is 6.54 Å². The summed E-state index contributed by atoms with van der Waals surface area (Å²) in [5, 5.41) is 4.96. The molecule has 2 heteroatoms. The van der Waals surface area contributed by atoms with E-state index in [1.165, 1.54) is 33.2 Å². The second-order valence-electron chi connectivity index (χ2n) is 6.78. The van der Waals surface area contributed by atoms with Crippen molar-refractivity contribution in [3.63, 3.8) is 0 Å². The number of para-hydroxylation sites is 1. The normalized spacial score (nSPS) is 16.4. The highest BCUT2D eigenvalue weighted by Crippen LogP contribution is 2.40. The van der Waals surface area contributed by atoms with Gasteiger partial charge in [-0.2, -0.15) is 0 Å². The minimum Gasteiger partial charge on any atom is -0.317 e. The summed E-state index contributed by atoms with van der Waals surface area (Å²) < 4.78 is 0. The molecule has 5 rings (SSSR count). The molecule has 0 spiro atoms. The van der Waals surface area contributed by atoms with E-state index in [4.69, 9.17) is 0 Å². The molecule has 126 valence electrons. The van der Waals surface area contributed by atoms with Gasteiger partial charge >= 0.3 is 0 Å². The highest BCUT2D eigenvalue weighted by Gasteiger charge is 2.31. The molecule has 0 aliphatic carbocycles. The number of rotatable bonds is 3. The largest absolute Gasteiger partial charge is 0.317 e. The van der Waals surface area contributed by atoms with Gasteiger partial charge in [-0.3, -0.25) is 0 Å². The third-order valence-corrected chi connectivity index (χ3v) is 5.17. The van der Waals surface area contributed by atoms with Crippen molar-refractivity contribution in [1.29, 1.82) is 0 Å². The van der Waals surface area contributed by atoms with Crippen LogP contribution in [0.25, 0.3) is 10.8 Å². The molecule has 0 saturated carbocycles. The number of nitrogens with zero attached hydrogens (tertiary/aromatic N) is 1. The lowest BCUT2D eigenvalue weighted by Gasteiger charge is -2.26. The van der Waals surface area contributed by atoms with Crippen LogP contribution in [0, 0.1) is 0 Å². The maximum Gasteiger partial charge on any atom is 0.0814 e. The van der Waals surface area contributed by atoms with Crippen LogP contribution in [0.2, 0.25) is 0 Å². The Hall–Kier alpha value is -3.10. The Balaban J connectivity index is 1.57. The minimum atomic E-state index is 0.214. The molecule has 1 heterocycles. The summed E-state index contributed by atoms with van der Waals surface area (Å²) in [6.45, 7) is 0.843. The molecule has 1 aliphatic heterocycles. The Morgan fingerprint density at radius 2 is 1.42 bits per heavy atom. The van der Waals surface area contributed by atoms with Gasteiger partial charge in [-0.05, 0) is 28.0 Å².